The predicted octanol–water partition coefficient (Wildman–Crippen LogP) is 13.4. The molecule has 3 heterocycles. The van der Waals surface area contributed by atoms with Gasteiger partial charge in [0.15, 0.2) is 17.5 Å². The van der Waals surface area contributed by atoms with Crippen molar-refractivity contribution in [2.24, 2.45) is 0 Å². The lowest BCUT2D eigenvalue weighted by Gasteiger charge is -2.12. The molecule has 0 fully saturated rings. The van der Waals surface area contributed by atoms with Crippen LogP contribution in [0.1, 0.15) is 0 Å². The van der Waals surface area contributed by atoms with Gasteiger partial charge in [0.2, 0.25) is 0 Å². The molecule has 11 aromatic rings. The summed E-state index contributed by atoms with van der Waals surface area (Å²) in [5.74, 6) is 1.86. The van der Waals surface area contributed by atoms with Gasteiger partial charge in [0, 0.05) is 47.8 Å². The number of nitrogens with zero attached hydrogens (tertiary/aromatic N) is 4. The number of aromatic nitrogens is 4. The number of rotatable bonds is 5. The lowest BCUT2D eigenvalue weighted by Crippen LogP contribution is -2.00. The first-order valence-electron chi connectivity index (χ1n) is 18.4. The third kappa shape index (κ3) is 5.44. The van der Waals surface area contributed by atoms with Crippen LogP contribution in [0.5, 0.6) is 0 Å². The molecule has 0 saturated carbocycles. The van der Waals surface area contributed by atoms with Gasteiger partial charge < -0.3 is 0 Å². The molecular formula is C50H30N4S. The average molecular weight is 719 g/mol. The molecule has 0 bridgehead atoms. The van der Waals surface area contributed by atoms with E-state index in [4.69, 9.17) is 19.9 Å². The van der Waals surface area contributed by atoms with Gasteiger partial charge >= 0.3 is 0 Å². The van der Waals surface area contributed by atoms with Gasteiger partial charge in [0.05, 0.1) is 11.2 Å². The molecule has 0 N–H and O–H groups in total. The Morgan fingerprint density at radius 2 is 0.891 bits per heavy atom. The minimum absolute atomic E-state index is 0.612. The van der Waals surface area contributed by atoms with Crippen LogP contribution in [0, 0.1) is 0 Å². The molecule has 0 unspecified atom stereocenters. The standard InChI is InChI=1S/C50H30N4S/c1-2-13-32(14-3-1)48-52-49(37-17-10-15-33(29-37)34-26-27-40-35(28-34)25-24-31-12-4-5-19-39(31)40)54-50(53-48)38-18-11-16-36(30-38)46-45-42-21-7-9-23-44(42)55-47(45)41-20-6-8-22-43(41)51-46/h1-30H. The summed E-state index contributed by atoms with van der Waals surface area (Å²) in [7, 11) is 0. The molecule has 3 aromatic heterocycles. The van der Waals surface area contributed by atoms with Crippen molar-refractivity contribution >= 4 is 64.0 Å². The molecule has 55 heavy (non-hydrogen) atoms. The number of benzene rings is 8. The SMILES string of the molecule is c1ccc(-c2nc(-c3cccc(-c4ccc5c(ccc6ccccc65)c4)c3)nc(-c3cccc(-c4nc5ccccc5c5sc6ccccc6c45)c3)n2)cc1. The van der Waals surface area contributed by atoms with Gasteiger partial charge in [-0.1, -0.05) is 152 Å². The summed E-state index contributed by atoms with van der Waals surface area (Å²) < 4.78 is 2.50. The Morgan fingerprint density at radius 1 is 0.327 bits per heavy atom. The molecule has 5 heteroatoms. The van der Waals surface area contributed by atoms with Crippen LogP contribution < -0.4 is 0 Å². The summed E-state index contributed by atoms with van der Waals surface area (Å²) in [6, 6.07) is 63.9. The first-order chi connectivity index (χ1) is 27.2. The van der Waals surface area contributed by atoms with Crippen molar-refractivity contribution in [3.8, 4) is 56.5 Å². The van der Waals surface area contributed by atoms with Crippen molar-refractivity contribution < 1.29 is 0 Å². The number of hydrogen-bond acceptors (Lipinski definition) is 5. The average Bonchev–Trinajstić information content (AvgIpc) is 3.66. The second-order valence-electron chi connectivity index (χ2n) is 13.8. The van der Waals surface area contributed by atoms with Crippen LogP contribution >= 0.6 is 11.3 Å². The molecule has 0 spiro atoms. The molecule has 4 nitrogen and oxygen atoms in total. The van der Waals surface area contributed by atoms with E-state index in [-0.39, 0.29) is 0 Å². The largest absolute Gasteiger partial charge is 0.247 e. The maximum absolute atomic E-state index is 5.29. The Kier molecular flexibility index (Phi) is 7.32. The third-order valence-electron chi connectivity index (χ3n) is 10.5. The quantitative estimate of drug-likeness (QED) is 0.166. The highest BCUT2D eigenvalue weighted by molar-refractivity contribution is 7.26. The highest BCUT2D eigenvalue weighted by Crippen LogP contribution is 2.43. The summed E-state index contributed by atoms with van der Waals surface area (Å²) in [5.41, 5.74) is 7.97. The van der Waals surface area contributed by atoms with Gasteiger partial charge in [-0.05, 0) is 63.0 Å². The van der Waals surface area contributed by atoms with E-state index < -0.39 is 0 Å². The summed E-state index contributed by atoms with van der Waals surface area (Å²) >= 11 is 1.83. The van der Waals surface area contributed by atoms with Gasteiger partial charge in [-0.3, -0.25) is 0 Å². The predicted molar refractivity (Wildman–Crippen MR) is 230 cm³/mol. The molecule has 0 aliphatic carbocycles. The zero-order valence-corrected chi connectivity index (χ0v) is 30.3. The van der Waals surface area contributed by atoms with Crippen LogP contribution in [0.2, 0.25) is 0 Å². The highest BCUT2D eigenvalue weighted by atomic mass is 32.1. The number of para-hydroxylation sites is 1. The summed E-state index contributed by atoms with van der Waals surface area (Å²) in [4.78, 5) is 20.6. The van der Waals surface area contributed by atoms with E-state index in [1.165, 1.54) is 47.1 Å². The zero-order chi connectivity index (χ0) is 36.3. The molecule has 0 saturated heterocycles. The fourth-order valence-electron chi connectivity index (χ4n) is 7.81. The van der Waals surface area contributed by atoms with E-state index in [0.717, 1.165) is 44.6 Å². The Bertz CT molecular complexity index is 3280. The number of pyridine rings is 1. The minimum atomic E-state index is 0.612. The summed E-state index contributed by atoms with van der Waals surface area (Å²) in [5, 5.41) is 8.54. The zero-order valence-electron chi connectivity index (χ0n) is 29.5. The van der Waals surface area contributed by atoms with Crippen LogP contribution in [0.3, 0.4) is 0 Å². The number of fused-ring (bicyclic) bond motifs is 8. The second kappa shape index (κ2) is 12.8. The van der Waals surface area contributed by atoms with Crippen molar-refractivity contribution in [3.05, 3.63) is 182 Å². The Hall–Kier alpha value is -7.08. The van der Waals surface area contributed by atoms with E-state index >= 15 is 0 Å². The first kappa shape index (κ1) is 31.4. The van der Waals surface area contributed by atoms with E-state index in [0.29, 0.717) is 17.5 Å². The van der Waals surface area contributed by atoms with Crippen LogP contribution in [0.15, 0.2) is 182 Å². The van der Waals surface area contributed by atoms with Crippen molar-refractivity contribution in [3.63, 3.8) is 0 Å². The highest BCUT2D eigenvalue weighted by Gasteiger charge is 2.18. The molecular weight excluding hydrogens is 689 g/mol. The molecule has 11 rings (SSSR count). The normalized spacial score (nSPS) is 11.6. The van der Waals surface area contributed by atoms with Crippen molar-refractivity contribution in [1.82, 2.24) is 19.9 Å². The molecule has 0 atom stereocenters. The maximum Gasteiger partial charge on any atom is 0.164 e. The van der Waals surface area contributed by atoms with Crippen LogP contribution in [-0.2, 0) is 0 Å². The summed E-state index contributed by atoms with van der Waals surface area (Å²) in [6.07, 6.45) is 0. The van der Waals surface area contributed by atoms with Crippen molar-refractivity contribution in [2.75, 3.05) is 0 Å². The smallest absolute Gasteiger partial charge is 0.164 e. The lowest BCUT2D eigenvalue weighted by atomic mass is 9.96. The molecule has 0 aliphatic rings. The molecule has 0 radical (unpaired) electrons. The fourth-order valence-corrected chi connectivity index (χ4v) is 9.04. The Labute approximate surface area is 321 Å². The summed E-state index contributed by atoms with van der Waals surface area (Å²) in [6.45, 7) is 0. The molecule has 0 amide bonds. The van der Waals surface area contributed by atoms with Gasteiger partial charge in [-0.25, -0.2) is 19.9 Å². The van der Waals surface area contributed by atoms with Gasteiger partial charge in [-0.2, -0.15) is 0 Å². The van der Waals surface area contributed by atoms with Crippen LogP contribution in [-0.4, -0.2) is 19.9 Å². The second-order valence-corrected chi connectivity index (χ2v) is 14.9. The first-order valence-corrected chi connectivity index (χ1v) is 19.2. The topological polar surface area (TPSA) is 51.6 Å². The van der Waals surface area contributed by atoms with Gasteiger partial charge in [0.1, 0.15) is 0 Å². The maximum atomic E-state index is 5.29. The molecule has 0 aliphatic heterocycles. The number of thiophene rings is 1. The van der Waals surface area contributed by atoms with Crippen LogP contribution in [0.4, 0.5) is 0 Å². The molecule has 8 aromatic carbocycles. The van der Waals surface area contributed by atoms with Crippen molar-refractivity contribution in [1.29, 1.82) is 0 Å². The Balaban J connectivity index is 1.06. The van der Waals surface area contributed by atoms with E-state index in [9.17, 15) is 0 Å². The monoisotopic (exact) mass is 718 g/mol. The number of hydrogen-bond donors (Lipinski definition) is 0. The van der Waals surface area contributed by atoms with Crippen molar-refractivity contribution in [2.45, 2.75) is 0 Å². The van der Waals surface area contributed by atoms with Gasteiger partial charge in [-0.15, -0.1) is 11.3 Å². The van der Waals surface area contributed by atoms with Crippen LogP contribution in [0.25, 0.3) is 109 Å². The van der Waals surface area contributed by atoms with Gasteiger partial charge in [0.25, 0.3) is 0 Å². The van der Waals surface area contributed by atoms with E-state index in [1.807, 2.05) is 41.7 Å². The third-order valence-corrected chi connectivity index (χ3v) is 11.7. The lowest BCUT2D eigenvalue weighted by molar-refractivity contribution is 1.07. The fraction of sp³-hybridized carbons (Fsp3) is 0. The Morgan fingerprint density at radius 3 is 1.71 bits per heavy atom. The minimum Gasteiger partial charge on any atom is -0.247 e. The molecule has 256 valence electrons. The van der Waals surface area contributed by atoms with E-state index in [1.54, 1.807) is 0 Å². The van der Waals surface area contributed by atoms with E-state index in [2.05, 4.69) is 152 Å².